The number of nitrogens with zero attached hydrogens (tertiary/aromatic N) is 2. The lowest BCUT2D eigenvalue weighted by molar-refractivity contribution is -0.123. The first-order valence-corrected chi connectivity index (χ1v) is 9.23. The second-order valence-electron chi connectivity index (χ2n) is 7.94. The van der Waals surface area contributed by atoms with Crippen molar-refractivity contribution in [1.29, 1.82) is 0 Å². The summed E-state index contributed by atoms with van der Waals surface area (Å²) in [4.78, 5) is 27.8. The number of nitrogens with one attached hydrogen (secondary N) is 1. The van der Waals surface area contributed by atoms with E-state index in [1.54, 1.807) is 7.05 Å². The SMILES string of the molecule is CN(CC(=O)NC1CCN(Cc2ccccc2)CC1)C(=O)OC(C)(C)C. The van der Waals surface area contributed by atoms with Crippen LogP contribution in [-0.4, -0.2) is 60.1 Å². The molecule has 144 valence electrons. The highest BCUT2D eigenvalue weighted by Crippen LogP contribution is 2.14. The number of carbonyl (C=O) groups is 2. The molecule has 0 unspecified atom stereocenters. The van der Waals surface area contributed by atoms with Crippen LogP contribution in [0.2, 0.25) is 0 Å². The predicted molar refractivity (Wildman–Crippen MR) is 102 cm³/mol. The van der Waals surface area contributed by atoms with Gasteiger partial charge in [-0.25, -0.2) is 4.79 Å². The first-order chi connectivity index (χ1) is 12.2. The first kappa shape index (κ1) is 20.2. The Labute approximate surface area is 156 Å². The summed E-state index contributed by atoms with van der Waals surface area (Å²) in [5, 5.41) is 3.04. The Hall–Kier alpha value is -2.08. The average molecular weight is 361 g/mol. The smallest absolute Gasteiger partial charge is 0.410 e. The van der Waals surface area contributed by atoms with Crippen molar-refractivity contribution in [2.75, 3.05) is 26.7 Å². The highest BCUT2D eigenvalue weighted by Gasteiger charge is 2.24. The Morgan fingerprint density at radius 3 is 2.38 bits per heavy atom. The van der Waals surface area contributed by atoms with Gasteiger partial charge in [-0.15, -0.1) is 0 Å². The number of amides is 2. The number of carbonyl (C=O) groups excluding carboxylic acids is 2. The summed E-state index contributed by atoms with van der Waals surface area (Å²) in [6, 6.07) is 10.6. The van der Waals surface area contributed by atoms with Gasteiger partial charge in [0.2, 0.25) is 5.91 Å². The Bertz CT molecular complexity index is 590. The fourth-order valence-corrected chi connectivity index (χ4v) is 2.97. The van der Waals surface area contributed by atoms with Crippen molar-refractivity contribution in [3.05, 3.63) is 35.9 Å². The van der Waals surface area contributed by atoms with Gasteiger partial charge in [0.15, 0.2) is 0 Å². The van der Waals surface area contributed by atoms with Crippen molar-refractivity contribution in [2.24, 2.45) is 0 Å². The summed E-state index contributed by atoms with van der Waals surface area (Å²) in [5.74, 6) is -0.139. The van der Waals surface area contributed by atoms with Crippen LogP contribution in [0.3, 0.4) is 0 Å². The van der Waals surface area contributed by atoms with E-state index in [0.717, 1.165) is 32.5 Å². The fourth-order valence-electron chi connectivity index (χ4n) is 2.97. The van der Waals surface area contributed by atoms with E-state index >= 15 is 0 Å². The molecule has 1 N–H and O–H groups in total. The highest BCUT2D eigenvalue weighted by molar-refractivity contribution is 5.82. The van der Waals surface area contributed by atoms with Crippen molar-refractivity contribution < 1.29 is 14.3 Å². The Kier molecular flexibility index (Phi) is 7.03. The minimum absolute atomic E-state index is 0.0130. The van der Waals surface area contributed by atoms with Crippen LogP contribution in [0.4, 0.5) is 4.79 Å². The van der Waals surface area contributed by atoms with Gasteiger partial charge in [0.1, 0.15) is 12.1 Å². The second kappa shape index (κ2) is 9.03. The first-order valence-electron chi connectivity index (χ1n) is 9.23. The number of likely N-dealkylation sites (N-methyl/N-ethyl adjacent to an activating group) is 1. The summed E-state index contributed by atoms with van der Waals surface area (Å²) >= 11 is 0. The summed E-state index contributed by atoms with van der Waals surface area (Å²) in [6.45, 7) is 8.30. The van der Waals surface area contributed by atoms with Gasteiger partial charge in [0, 0.05) is 32.7 Å². The molecule has 1 aliphatic heterocycles. The molecule has 2 amide bonds. The lowest BCUT2D eigenvalue weighted by Gasteiger charge is -2.32. The van der Waals surface area contributed by atoms with E-state index in [9.17, 15) is 9.59 Å². The Morgan fingerprint density at radius 2 is 1.81 bits per heavy atom. The summed E-state index contributed by atoms with van der Waals surface area (Å²) in [6.07, 6.45) is 1.37. The zero-order valence-electron chi connectivity index (χ0n) is 16.3. The van der Waals surface area contributed by atoms with Crippen LogP contribution in [0, 0.1) is 0 Å². The fraction of sp³-hybridized carbons (Fsp3) is 0.600. The molecule has 0 saturated carbocycles. The van der Waals surface area contributed by atoms with Crippen LogP contribution >= 0.6 is 0 Å². The number of likely N-dealkylation sites (tertiary alicyclic amines) is 1. The summed E-state index contributed by atoms with van der Waals surface area (Å²) in [7, 11) is 1.58. The molecule has 6 nitrogen and oxygen atoms in total. The Morgan fingerprint density at radius 1 is 1.19 bits per heavy atom. The standard InChI is InChI=1S/C20H31N3O3/c1-20(2,3)26-19(25)22(4)15-18(24)21-17-10-12-23(13-11-17)14-16-8-6-5-7-9-16/h5-9,17H,10-15H2,1-4H3,(H,21,24). The molecular formula is C20H31N3O3. The van der Waals surface area contributed by atoms with Crippen molar-refractivity contribution in [1.82, 2.24) is 15.1 Å². The molecule has 1 aliphatic rings. The van der Waals surface area contributed by atoms with E-state index in [2.05, 4.69) is 34.5 Å². The van der Waals surface area contributed by atoms with Gasteiger partial charge in [-0.3, -0.25) is 9.69 Å². The third kappa shape index (κ3) is 7.04. The van der Waals surface area contributed by atoms with E-state index in [1.165, 1.54) is 10.5 Å². The zero-order valence-corrected chi connectivity index (χ0v) is 16.3. The van der Waals surface area contributed by atoms with Crippen LogP contribution in [0.15, 0.2) is 30.3 Å². The number of hydrogen-bond acceptors (Lipinski definition) is 4. The van der Waals surface area contributed by atoms with Crippen LogP contribution in [-0.2, 0) is 16.1 Å². The summed E-state index contributed by atoms with van der Waals surface area (Å²) in [5.41, 5.74) is 0.752. The predicted octanol–water partition coefficient (Wildman–Crippen LogP) is 2.63. The molecule has 1 aromatic rings. The molecule has 1 aromatic carbocycles. The lowest BCUT2D eigenvalue weighted by Crippen LogP contribution is -2.48. The number of hydrogen-bond donors (Lipinski definition) is 1. The zero-order chi connectivity index (χ0) is 19.2. The van der Waals surface area contributed by atoms with E-state index < -0.39 is 11.7 Å². The van der Waals surface area contributed by atoms with Crippen LogP contribution in [0.25, 0.3) is 0 Å². The lowest BCUT2D eigenvalue weighted by atomic mass is 10.0. The van der Waals surface area contributed by atoms with Gasteiger partial charge in [-0.05, 0) is 39.2 Å². The maximum atomic E-state index is 12.2. The molecule has 0 atom stereocenters. The van der Waals surface area contributed by atoms with Gasteiger partial charge >= 0.3 is 6.09 Å². The minimum Gasteiger partial charge on any atom is -0.444 e. The van der Waals surface area contributed by atoms with Gasteiger partial charge in [-0.1, -0.05) is 30.3 Å². The van der Waals surface area contributed by atoms with Gasteiger partial charge < -0.3 is 15.0 Å². The molecule has 0 bridgehead atoms. The molecule has 1 saturated heterocycles. The monoisotopic (exact) mass is 361 g/mol. The van der Waals surface area contributed by atoms with Crippen LogP contribution in [0.1, 0.15) is 39.2 Å². The molecule has 0 radical (unpaired) electrons. The number of ether oxygens (including phenoxy) is 1. The maximum absolute atomic E-state index is 12.2. The van der Waals surface area contributed by atoms with Crippen molar-refractivity contribution >= 4 is 12.0 Å². The van der Waals surface area contributed by atoms with E-state index in [0.29, 0.717) is 0 Å². The van der Waals surface area contributed by atoms with Crippen LogP contribution in [0.5, 0.6) is 0 Å². The van der Waals surface area contributed by atoms with E-state index in [1.807, 2.05) is 26.8 Å². The van der Waals surface area contributed by atoms with Gasteiger partial charge in [-0.2, -0.15) is 0 Å². The third-order valence-electron chi connectivity index (χ3n) is 4.29. The van der Waals surface area contributed by atoms with Crippen molar-refractivity contribution in [3.63, 3.8) is 0 Å². The molecule has 0 aliphatic carbocycles. The number of piperidine rings is 1. The molecule has 6 heteroatoms. The number of benzene rings is 1. The van der Waals surface area contributed by atoms with Crippen molar-refractivity contribution in [2.45, 2.75) is 51.8 Å². The molecule has 26 heavy (non-hydrogen) atoms. The molecular weight excluding hydrogens is 330 g/mol. The van der Waals surface area contributed by atoms with E-state index in [-0.39, 0.29) is 18.5 Å². The molecule has 0 spiro atoms. The second-order valence-corrected chi connectivity index (χ2v) is 7.94. The highest BCUT2D eigenvalue weighted by atomic mass is 16.6. The number of rotatable bonds is 5. The Balaban J connectivity index is 1.70. The largest absolute Gasteiger partial charge is 0.444 e. The normalized spacial score (nSPS) is 16.2. The molecule has 1 heterocycles. The molecule has 0 aromatic heterocycles. The van der Waals surface area contributed by atoms with Gasteiger partial charge in [0.25, 0.3) is 0 Å². The summed E-state index contributed by atoms with van der Waals surface area (Å²) < 4.78 is 5.26. The van der Waals surface area contributed by atoms with Crippen LogP contribution < -0.4 is 5.32 Å². The third-order valence-corrected chi connectivity index (χ3v) is 4.29. The maximum Gasteiger partial charge on any atom is 0.410 e. The molecule has 1 fully saturated rings. The van der Waals surface area contributed by atoms with Gasteiger partial charge in [0.05, 0.1) is 0 Å². The van der Waals surface area contributed by atoms with Crippen molar-refractivity contribution in [3.8, 4) is 0 Å². The topological polar surface area (TPSA) is 61.9 Å². The van der Waals surface area contributed by atoms with E-state index in [4.69, 9.17) is 4.74 Å². The quantitative estimate of drug-likeness (QED) is 0.876. The molecule has 2 rings (SSSR count). The average Bonchev–Trinajstić information content (AvgIpc) is 2.56. The minimum atomic E-state index is -0.562.